The average molecular weight is 396 g/mol. The van der Waals surface area contributed by atoms with E-state index in [1.165, 1.54) is 19.3 Å². The van der Waals surface area contributed by atoms with Gasteiger partial charge in [0.2, 0.25) is 5.91 Å². The molecule has 1 unspecified atom stereocenters. The van der Waals surface area contributed by atoms with Crippen LogP contribution >= 0.6 is 0 Å². The normalized spacial score (nSPS) is 25.0. The summed E-state index contributed by atoms with van der Waals surface area (Å²) in [5, 5.41) is 3.23. The van der Waals surface area contributed by atoms with Crippen molar-refractivity contribution in [1.82, 2.24) is 15.2 Å². The maximum Gasteiger partial charge on any atom is 0.242 e. The predicted molar refractivity (Wildman–Crippen MR) is 118 cm³/mol. The summed E-state index contributed by atoms with van der Waals surface area (Å²) < 4.78 is 0. The highest BCUT2D eigenvalue weighted by molar-refractivity contribution is 6.05. The molecule has 6 nitrogen and oxygen atoms in total. The van der Waals surface area contributed by atoms with E-state index in [9.17, 15) is 4.79 Å². The van der Waals surface area contributed by atoms with Gasteiger partial charge >= 0.3 is 0 Å². The summed E-state index contributed by atoms with van der Waals surface area (Å²) in [5.74, 6) is 1.44. The van der Waals surface area contributed by atoms with Crippen molar-refractivity contribution in [2.45, 2.75) is 77.3 Å². The Morgan fingerprint density at radius 1 is 1.17 bits per heavy atom. The minimum atomic E-state index is -0.303. The largest absolute Gasteiger partial charge is 0.352 e. The van der Waals surface area contributed by atoms with Crippen molar-refractivity contribution in [3.63, 3.8) is 0 Å². The van der Waals surface area contributed by atoms with Crippen LogP contribution in [0.4, 0.5) is 0 Å². The highest BCUT2D eigenvalue weighted by Gasteiger charge is 2.24. The van der Waals surface area contributed by atoms with Crippen LogP contribution in [0.3, 0.4) is 0 Å². The number of hydrogen-bond donors (Lipinski definition) is 1. The van der Waals surface area contributed by atoms with Crippen molar-refractivity contribution in [3.8, 4) is 0 Å². The smallest absolute Gasteiger partial charge is 0.242 e. The lowest BCUT2D eigenvalue weighted by molar-refractivity contribution is -0.125. The van der Waals surface area contributed by atoms with Gasteiger partial charge in [-0.05, 0) is 64.2 Å². The first-order chi connectivity index (χ1) is 14.0. The van der Waals surface area contributed by atoms with E-state index in [4.69, 9.17) is 9.98 Å². The van der Waals surface area contributed by atoms with Gasteiger partial charge in [0, 0.05) is 25.0 Å². The van der Waals surface area contributed by atoms with Crippen LogP contribution in [0.5, 0.6) is 0 Å². The van der Waals surface area contributed by atoms with Gasteiger partial charge in [0.15, 0.2) is 5.84 Å². The number of rotatable bonds is 5. The van der Waals surface area contributed by atoms with Crippen LogP contribution in [-0.2, 0) is 4.79 Å². The van der Waals surface area contributed by atoms with Crippen LogP contribution in [-0.4, -0.2) is 46.5 Å². The van der Waals surface area contributed by atoms with E-state index in [0.29, 0.717) is 11.9 Å². The Morgan fingerprint density at radius 3 is 2.69 bits per heavy atom. The zero-order valence-electron chi connectivity index (χ0n) is 17.9. The monoisotopic (exact) mass is 395 g/mol. The fourth-order valence-electron chi connectivity index (χ4n) is 3.78. The molecule has 1 fully saturated rings. The molecule has 0 radical (unpaired) electrons. The first-order valence-electron chi connectivity index (χ1n) is 10.8. The van der Waals surface area contributed by atoms with E-state index < -0.39 is 0 Å². The fourth-order valence-corrected chi connectivity index (χ4v) is 3.78. The number of amidine groups is 1. The average Bonchev–Trinajstić information content (AvgIpc) is 2.84. The molecule has 29 heavy (non-hydrogen) atoms. The van der Waals surface area contributed by atoms with Crippen LogP contribution in [0.25, 0.3) is 0 Å². The van der Waals surface area contributed by atoms with Crippen molar-refractivity contribution >= 4 is 17.5 Å². The molecule has 2 aliphatic rings. The van der Waals surface area contributed by atoms with Crippen LogP contribution in [0.15, 0.2) is 46.3 Å². The molecule has 0 bridgehead atoms. The van der Waals surface area contributed by atoms with Gasteiger partial charge in [0.25, 0.3) is 0 Å². The van der Waals surface area contributed by atoms with Gasteiger partial charge in [0.05, 0.1) is 0 Å². The highest BCUT2D eigenvalue weighted by atomic mass is 16.2. The van der Waals surface area contributed by atoms with Crippen LogP contribution in [0.2, 0.25) is 0 Å². The van der Waals surface area contributed by atoms with E-state index in [1.807, 2.05) is 44.0 Å². The van der Waals surface area contributed by atoms with Crippen molar-refractivity contribution in [1.29, 1.82) is 0 Å². The summed E-state index contributed by atoms with van der Waals surface area (Å²) in [5.41, 5.74) is 1.79. The third-order valence-electron chi connectivity index (χ3n) is 5.75. The molecule has 1 amide bonds. The first kappa shape index (κ1) is 21.2. The minimum absolute atomic E-state index is 0.0643. The molecule has 1 aliphatic heterocycles. The molecule has 0 saturated heterocycles. The molecule has 6 heteroatoms. The number of carbonyl (C=O) groups excluding carboxylic acids is 1. The fraction of sp³-hybridized carbons (Fsp3) is 0.565. The molecular formula is C23H33N5O. The second-order valence-electron chi connectivity index (χ2n) is 8.08. The van der Waals surface area contributed by atoms with Gasteiger partial charge in [-0.1, -0.05) is 25.3 Å². The molecule has 1 saturated carbocycles. The summed E-state index contributed by atoms with van der Waals surface area (Å²) in [6.07, 6.45) is 12.6. The summed E-state index contributed by atoms with van der Waals surface area (Å²) in [6, 6.07) is 5.75. The first-order valence-corrected chi connectivity index (χ1v) is 10.8. The van der Waals surface area contributed by atoms with Crippen LogP contribution in [0, 0.1) is 0 Å². The number of nitrogens with one attached hydrogen (secondary N) is 1. The molecular weight excluding hydrogens is 362 g/mol. The molecule has 0 spiro atoms. The number of aromatic nitrogens is 1. The lowest BCUT2D eigenvalue weighted by Crippen LogP contribution is -2.47. The summed E-state index contributed by atoms with van der Waals surface area (Å²) >= 11 is 0. The molecule has 156 valence electrons. The number of hydrogen-bond acceptors (Lipinski definition) is 5. The number of likely N-dealkylation sites (N-methyl/N-ethyl adjacent to an activating group) is 1. The lowest BCUT2D eigenvalue weighted by atomic mass is 9.95. The second-order valence-corrected chi connectivity index (χ2v) is 8.08. The van der Waals surface area contributed by atoms with Crippen molar-refractivity contribution in [3.05, 3.63) is 42.0 Å². The SMILES string of the molecule is C\C1=N/C(c2ccccn2)=N\C(N(C)C(C)C(=O)NC2CCCCC2)=C\CCC1. The van der Waals surface area contributed by atoms with Crippen molar-refractivity contribution in [2.75, 3.05) is 7.05 Å². The second kappa shape index (κ2) is 10.3. The number of aliphatic imine (C=N–C) groups is 2. The van der Waals surface area contributed by atoms with Gasteiger partial charge in [-0.15, -0.1) is 0 Å². The molecule has 1 aliphatic carbocycles. The third kappa shape index (κ3) is 5.99. The number of amides is 1. The zero-order valence-corrected chi connectivity index (χ0v) is 17.9. The molecule has 1 atom stereocenters. The van der Waals surface area contributed by atoms with Gasteiger partial charge in [0.1, 0.15) is 17.6 Å². The quantitative estimate of drug-likeness (QED) is 0.816. The van der Waals surface area contributed by atoms with E-state index >= 15 is 0 Å². The Balaban J connectivity index is 1.80. The van der Waals surface area contributed by atoms with Gasteiger partial charge < -0.3 is 10.2 Å². The Labute approximate surface area is 174 Å². The summed E-state index contributed by atoms with van der Waals surface area (Å²) in [4.78, 5) is 28.8. The maximum atomic E-state index is 12.9. The third-order valence-corrected chi connectivity index (χ3v) is 5.75. The molecule has 1 N–H and O–H groups in total. The molecule has 0 aromatic carbocycles. The molecule has 3 rings (SSSR count). The van der Waals surface area contributed by atoms with E-state index in [2.05, 4.69) is 16.4 Å². The minimum Gasteiger partial charge on any atom is -0.352 e. The Hall–Kier alpha value is -2.50. The summed E-state index contributed by atoms with van der Waals surface area (Å²) in [7, 11) is 1.94. The Morgan fingerprint density at radius 2 is 1.97 bits per heavy atom. The maximum absolute atomic E-state index is 12.9. The van der Waals surface area contributed by atoms with Crippen LogP contribution in [0.1, 0.15) is 70.9 Å². The van der Waals surface area contributed by atoms with Gasteiger partial charge in [-0.2, -0.15) is 0 Å². The predicted octanol–water partition coefficient (Wildman–Crippen LogP) is 4.08. The van der Waals surface area contributed by atoms with E-state index in [0.717, 1.165) is 49.3 Å². The van der Waals surface area contributed by atoms with Crippen LogP contribution < -0.4 is 5.32 Å². The van der Waals surface area contributed by atoms with Gasteiger partial charge in [-0.25, -0.2) is 9.98 Å². The lowest BCUT2D eigenvalue weighted by Gasteiger charge is -2.29. The topological polar surface area (TPSA) is 70.0 Å². The Kier molecular flexibility index (Phi) is 7.55. The van der Waals surface area contributed by atoms with E-state index in [-0.39, 0.29) is 11.9 Å². The number of allylic oxidation sites excluding steroid dienone is 1. The van der Waals surface area contributed by atoms with Gasteiger partial charge in [-0.3, -0.25) is 9.78 Å². The molecule has 1 aromatic rings. The van der Waals surface area contributed by atoms with Crippen molar-refractivity contribution in [2.24, 2.45) is 9.98 Å². The zero-order chi connectivity index (χ0) is 20.6. The summed E-state index contributed by atoms with van der Waals surface area (Å²) in [6.45, 7) is 3.98. The Bertz CT molecular complexity index is 778. The van der Waals surface area contributed by atoms with Crippen molar-refractivity contribution < 1.29 is 4.79 Å². The van der Waals surface area contributed by atoms with E-state index in [1.54, 1.807) is 6.20 Å². The number of carbonyl (C=O) groups is 1. The number of pyridine rings is 1. The standard InChI is InChI=1S/C23H33N5O/c1-17-11-7-8-15-21(27-22(25-17)20-14-9-10-16-24-20)28(3)18(2)23(29)26-19-12-5-4-6-13-19/h9-10,14-16,18-19H,4-8,11-13H2,1-3H3,(H,26,29)/b21-15-,25-17+,27-22-. The molecule has 1 aromatic heterocycles. The highest BCUT2D eigenvalue weighted by Crippen LogP contribution is 2.19. The number of nitrogens with zero attached hydrogens (tertiary/aromatic N) is 4. The molecule has 2 heterocycles.